The number of ether oxygens (including phenoxy) is 1. The number of likely N-dealkylation sites (N-methyl/N-ethyl adjacent to an activating group) is 1. The van der Waals surface area contributed by atoms with Crippen molar-refractivity contribution in [3.8, 4) is 0 Å². The molecule has 0 amide bonds. The predicted octanol–water partition coefficient (Wildman–Crippen LogP) is 2.81. The maximum absolute atomic E-state index is 12.4. The number of hydrogen-bond acceptors (Lipinski definition) is 4. The summed E-state index contributed by atoms with van der Waals surface area (Å²) in [7, 11) is -2.37. The third-order valence-electron chi connectivity index (χ3n) is 3.12. The van der Waals surface area contributed by atoms with Crippen LogP contribution in [0.4, 0.5) is 0 Å². The summed E-state index contributed by atoms with van der Waals surface area (Å²) in [5, 5.41) is 0. The van der Waals surface area contributed by atoms with E-state index in [0.717, 1.165) is 14.3 Å². The molecular formula is C16H16BrNO4S. The first-order valence-electron chi connectivity index (χ1n) is 6.81. The van der Waals surface area contributed by atoms with E-state index in [0.29, 0.717) is 0 Å². The van der Waals surface area contributed by atoms with Crippen LogP contribution in [-0.4, -0.2) is 32.3 Å². The summed E-state index contributed by atoms with van der Waals surface area (Å²) in [4.78, 5) is 11.9. The van der Waals surface area contributed by atoms with Crippen LogP contribution in [0.2, 0.25) is 0 Å². The SMILES string of the molecule is CN(CC(=O)OCc1ccccc1)S(=O)(=O)c1ccc(Br)cc1. The average molecular weight is 398 g/mol. The molecule has 0 aromatic heterocycles. The minimum Gasteiger partial charge on any atom is -0.460 e. The summed E-state index contributed by atoms with van der Waals surface area (Å²) in [5.74, 6) is -0.600. The highest BCUT2D eigenvalue weighted by molar-refractivity contribution is 9.10. The van der Waals surface area contributed by atoms with Gasteiger partial charge in [0.15, 0.2) is 0 Å². The highest BCUT2D eigenvalue weighted by atomic mass is 79.9. The molecule has 0 atom stereocenters. The van der Waals surface area contributed by atoms with Crippen LogP contribution < -0.4 is 0 Å². The quantitative estimate of drug-likeness (QED) is 0.702. The van der Waals surface area contributed by atoms with Crippen molar-refractivity contribution in [1.82, 2.24) is 4.31 Å². The molecule has 0 unspecified atom stereocenters. The zero-order valence-corrected chi connectivity index (χ0v) is 14.9. The zero-order chi connectivity index (χ0) is 16.9. The van der Waals surface area contributed by atoms with Crippen LogP contribution >= 0.6 is 15.9 Å². The molecule has 0 N–H and O–H groups in total. The number of rotatable bonds is 6. The van der Waals surface area contributed by atoms with E-state index in [2.05, 4.69) is 15.9 Å². The largest absolute Gasteiger partial charge is 0.460 e. The monoisotopic (exact) mass is 397 g/mol. The molecule has 0 bridgehead atoms. The van der Waals surface area contributed by atoms with Crippen LogP contribution in [0, 0.1) is 0 Å². The van der Waals surface area contributed by atoms with Crippen molar-refractivity contribution in [2.75, 3.05) is 13.6 Å². The second-order valence-corrected chi connectivity index (χ2v) is 7.82. The molecule has 2 rings (SSSR count). The number of esters is 1. The van der Waals surface area contributed by atoms with E-state index in [9.17, 15) is 13.2 Å². The van der Waals surface area contributed by atoms with Crippen molar-refractivity contribution in [3.05, 3.63) is 64.6 Å². The summed E-state index contributed by atoms with van der Waals surface area (Å²) in [6.45, 7) is -0.225. The third kappa shape index (κ3) is 4.89. The van der Waals surface area contributed by atoms with Gasteiger partial charge in [-0.15, -0.1) is 0 Å². The number of nitrogens with zero attached hydrogens (tertiary/aromatic N) is 1. The number of sulfonamides is 1. The normalized spacial score (nSPS) is 11.4. The molecular weight excluding hydrogens is 382 g/mol. The van der Waals surface area contributed by atoms with E-state index in [4.69, 9.17) is 4.74 Å². The fourth-order valence-electron chi connectivity index (χ4n) is 1.84. The van der Waals surface area contributed by atoms with Gasteiger partial charge in [-0.05, 0) is 29.8 Å². The van der Waals surface area contributed by atoms with Crippen molar-refractivity contribution >= 4 is 31.9 Å². The zero-order valence-electron chi connectivity index (χ0n) is 12.5. The van der Waals surface area contributed by atoms with Crippen LogP contribution in [0.1, 0.15) is 5.56 Å². The van der Waals surface area contributed by atoms with Crippen LogP contribution in [0.15, 0.2) is 64.0 Å². The lowest BCUT2D eigenvalue weighted by molar-refractivity contribution is -0.144. The van der Waals surface area contributed by atoms with Gasteiger partial charge in [0.05, 0.1) is 4.90 Å². The molecule has 0 aliphatic heterocycles. The summed E-state index contributed by atoms with van der Waals surface area (Å²) in [6.07, 6.45) is 0. The first-order chi connectivity index (χ1) is 10.9. The van der Waals surface area contributed by atoms with Crippen LogP contribution in [0.25, 0.3) is 0 Å². The Balaban J connectivity index is 1.96. The fraction of sp³-hybridized carbons (Fsp3) is 0.188. The Morgan fingerprint density at radius 2 is 1.70 bits per heavy atom. The molecule has 0 fully saturated rings. The van der Waals surface area contributed by atoms with Crippen molar-refractivity contribution < 1.29 is 17.9 Å². The third-order valence-corrected chi connectivity index (χ3v) is 5.46. The van der Waals surface area contributed by atoms with Crippen LogP contribution in [-0.2, 0) is 26.2 Å². The minimum absolute atomic E-state index is 0.117. The Bertz CT molecular complexity index is 760. The summed E-state index contributed by atoms with van der Waals surface area (Å²) < 4.78 is 31.6. The maximum Gasteiger partial charge on any atom is 0.321 e. The molecule has 0 spiro atoms. The second-order valence-electron chi connectivity index (χ2n) is 4.86. The van der Waals surface area contributed by atoms with Gasteiger partial charge in [0.25, 0.3) is 0 Å². The van der Waals surface area contributed by atoms with Gasteiger partial charge in [-0.25, -0.2) is 8.42 Å². The number of benzene rings is 2. The molecule has 0 saturated carbocycles. The molecule has 0 radical (unpaired) electrons. The molecule has 0 heterocycles. The Kier molecular flexibility index (Phi) is 5.92. The van der Waals surface area contributed by atoms with E-state index >= 15 is 0 Å². The minimum atomic E-state index is -3.72. The summed E-state index contributed by atoms with van der Waals surface area (Å²) in [5.41, 5.74) is 0.847. The van der Waals surface area contributed by atoms with Crippen LogP contribution in [0.5, 0.6) is 0 Å². The molecule has 7 heteroatoms. The number of hydrogen-bond donors (Lipinski definition) is 0. The van der Waals surface area contributed by atoms with Crippen molar-refractivity contribution in [2.24, 2.45) is 0 Å². The van der Waals surface area contributed by atoms with Gasteiger partial charge in [-0.1, -0.05) is 46.3 Å². The second kappa shape index (κ2) is 7.72. The van der Waals surface area contributed by atoms with Crippen molar-refractivity contribution in [2.45, 2.75) is 11.5 Å². The highest BCUT2D eigenvalue weighted by Gasteiger charge is 2.23. The van der Waals surface area contributed by atoms with E-state index < -0.39 is 16.0 Å². The lowest BCUT2D eigenvalue weighted by Gasteiger charge is -2.16. The van der Waals surface area contributed by atoms with E-state index in [1.54, 1.807) is 12.1 Å². The topological polar surface area (TPSA) is 63.7 Å². The van der Waals surface area contributed by atoms with Gasteiger partial charge < -0.3 is 4.74 Å². The first-order valence-corrected chi connectivity index (χ1v) is 9.04. The molecule has 0 saturated heterocycles. The van der Waals surface area contributed by atoms with E-state index in [1.165, 1.54) is 19.2 Å². The average Bonchev–Trinajstić information content (AvgIpc) is 2.54. The lowest BCUT2D eigenvalue weighted by Crippen LogP contribution is -2.33. The smallest absolute Gasteiger partial charge is 0.321 e. The Labute approximate surface area is 144 Å². The maximum atomic E-state index is 12.4. The number of carbonyl (C=O) groups excluding carboxylic acids is 1. The van der Waals surface area contributed by atoms with Gasteiger partial charge in [-0.2, -0.15) is 4.31 Å². The van der Waals surface area contributed by atoms with Crippen molar-refractivity contribution in [1.29, 1.82) is 0 Å². The van der Waals surface area contributed by atoms with Crippen molar-refractivity contribution in [3.63, 3.8) is 0 Å². The Hall–Kier alpha value is -1.70. The Morgan fingerprint density at radius 1 is 1.09 bits per heavy atom. The molecule has 2 aromatic rings. The number of halogens is 1. The lowest BCUT2D eigenvalue weighted by atomic mass is 10.2. The van der Waals surface area contributed by atoms with Gasteiger partial charge in [0.2, 0.25) is 10.0 Å². The van der Waals surface area contributed by atoms with Gasteiger partial charge >= 0.3 is 5.97 Å². The molecule has 23 heavy (non-hydrogen) atoms. The fourth-order valence-corrected chi connectivity index (χ4v) is 3.22. The molecule has 122 valence electrons. The van der Waals surface area contributed by atoms with Gasteiger partial charge in [0.1, 0.15) is 13.2 Å². The molecule has 2 aromatic carbocycles. The Morgan fingerprint density at radius 3 is 2.30 bits per heavy atom. The van der Waals surface area contributed by atoms with E-state index in [-0.39, 0.29) is 18.0 Å². The predicted molar refractivity (Wildman–Crippen MR) is 90.2 cm³/mol. The van der Waals surface area contributed by atoms with Gasteiger partial charge in [-0.3, -0.25) is 4.79 Å². The standard InChI is InChI=1S/C16H16BrNO4S/c1-18(23(20,21)15-9-7-14(17)8-10-15)11-16(19)22-12-13-5-3-2-4-6-13/h2-10H,11-12H2,1H3. The molecule has 0 aliphatic carbocycles. The van der Waals surface area contributed by atoms with Crippen LogP contribution in [0.3, 0.4) is 0 Å². The highest BCUT2D eigenvalue weighted by Crippen LogP contribution is 2.17. The first kappa shape index (κ1) is 17.7. The summed E-state index contributed by atoms with van der Waals surface area (Å²) >= 11 is 3.25. The summed E-state index contributed by atoms with van der Waals surface area (Å²) in [6, 6.07) is 15.4. The molecule has 0 aliphatic rings. The molecule has 5 nitrogen and oxygen atoms in total. The number of carbonyl (C=O) groups is 1. The van der Waals surface area contributed by atoms with E-state index in [1.807, 2.05) is 30.3 Å². The van der Waals surface area contributed by atoms with Gasteiger partial charge in [0, 0.05) is 11.5 Å².